The molecule has 1 heterocycles. The maximum absolute atomic E-state index is 12.0. The van der Waals surface area contributed by atoms with Crippen molar-refractivity contribution in [3.63, 3.8) is 0 Å². The lowest BCUT2D eigenvalue weighted by Gasteiger charge is -2.03. The van der Waals surface area contributed by atoms with Crippen LogP contribution >= 0.6 is 11.3 Å². The van der Waals surface area contributed by atoms with E-state index < -0.39 is 25.8 Å². The van der Waals surface area contributed by atoms with Crippen molar-refractivity contribution in [1.82, 2.24) is 4.72 Å². The third-order valence-corrected chi connectivity index (χ3v) is 5.49. The molecule has 0 radical (unpaired) electrons. The fourth-order valence-corrected chi connectivity index (χ4v) is 3.32. The molecule has 0 bridgehead atoms. The fraction of sp³-hybridized carbons (Fsp3) is 0.429. The highest BCUT2D eigenvalue weighted by molar-refractivity contribution is 7.91. The van der Waals surface area contributed by atoms with Gasteiger partial charge in [-0.2, -0.15) is 8.78 Å². The Labute approximate surface area is 107 Å². The molecule has 3 N–H and O–H groups in total. The van der Waals surface area contributed by atoms with E-state index >= 15 is 0 Å². The predicted octanol–water partition coefficient (Wildman–Crippen LogP) is 0.0800. The molecule has 11 heteroatoms. The van der Waals surface area contributed by atoms with E-state index in [-0.39, 0.29) is 17.2 Å². The predicted molar refractivity (Wildman–Crippen MR) is 62.3 cm³/mol. The SMILES string of the molecule is NS(=O)(=O)c1ccc(CCNS(=O)(=O)C(F)F)s1. The molecule has 104 valence electrons. The Balaban J connectivity index is 2.59. The molecule has 0 atom stereocenters. The van der Waals surface area contributed by atoms with Crippen LogP contribution in [0.3, 0.4) is 0 Å². The highest BCUT2D eigenvalue weighted by Gasteiger charge is 2.22. The van der Waals surface area contributed by atoms with E-state index in [1.54, 1.807) is 4.72 Å². The number of halogens is 2. The summed E-state index contributed by atoms with van der Waals surface area (Å²) in [5.74, 6) is -3.49. The number of primary sulfonamides is 1. The molecule has 0 aliphatic rings. The summed E-state index contributed by atoms with van der Waals surface area (Å²) in [5.41, 5.74) is 0. The molecule has 0 aliphatic heterocycles. The van der Waals surface area contributed by atoms with Crippen LogP contribution in [0.25, 0.3) is 0 Å². The molecule has 0 amide bonds. The van der Waals surface area contributed by atoms with Crippen molar-refractivity contribution in [2.45, 2.75) is 16.4 Å². The first kappa shape index (κ1) is 15.4. The molecule has 0 spiro atoms. The highest BCUT2D eigenvalue weighted by atomic mass is 32.2. The average Bonchev–Trinajstić information content (AvgIpc) is 2.65. The van der Waals surface area contributed by atoms with Crippen LogP contribution in [0.15, 0.2) is 16.3 Å². The second-order valence-electron chi connectivity index (χ2n) is 3.22. The van der Waals surface area contributed by atoms with Gasteiger partial charge in [0.15, 0.2) is 0 Å². The molecule has 0 fully saturated rings. The Morgan fingerprint density at radius 2 is 1.89 bits per heavy atom. The lowest BCUT2D eigenvalue weighted by atomic mass is 10.3. The van der Waals surface area contributed by atoms with Crippen LogP contribution < -0.4 is 9.86 Å². The molecule has 1 rings (SSSR count). The van der Waals surface area contributed by atoms with Crippen molar-refractivity contribution in [2.24, 2.45) is 5.14 Å². The van der Waals surface area contributed by atoms with Crippen molar-refractivity contribution in [3.05, 3.63) is 17.0 Å². The van der Waals surface area contributed by atoms with Crippen molar-refractivity contribution < 1.29 is 25.6 Å². The quantitative estimate of drug-likeness (QED) is 0.774. The summed E-state index contributed by atoms with van der Waals surface area (Å²) in [6.07, 6.45) is 0.103. The zero-order chi connectivity index (χ0) is 14.0. The van der Waals surface area contributed by atoms with Crippen LogP contribution in [-0.4, -0.2) is 29.1 Å². The lowest BCUT2D eigenvalue weighted by Crippen LogP contribution is -2.30. The second-order valence-corrected chi connectivity index (χ2v) is 7.91. The van der Waals surface area contributed by atoms with Gasteiger partial charge in [-0.3, -0.25) is 0 Å². The van der Waals surface area contributed by atoms with Crippen LogP contribution in [-0.2, 0) is 26.5 Å². The smallest absolute Gasteiger partial charge is 0.224 e. The van der Waals surface area contributed by atoms with E-state index in [2.05, 4.69) is 0 Å². The van der Waals surface area contributed by atoms with Gasteiger partial charge in [-0.25, -0.2) is 26.7 Å². The van der Waals surface area contributed by atoms with Gasteiger partial charge < -0.3 is 0 Å². The Morgan fingerprint density at radius 3 is 2.33 bits per heavy atom. The first-order valence-electron chi connectivity index (χ1n) is 4.51. The second kappa shape index (κ2) is 5.57. The van der Waals surface area contributed by atoms with Gasteiger partial charge in [-0.05, 0) is 18.6 Å². The summed E-state index contributed by atoms with van der Waals surface area (Å²) in [7, 11) is -8.40. The topological polar surface area (TPSA) is 106 Å². The number of sulfonamides is 2. The number of rotatable bonds is 6. The van der Waals surface area contributed by atoms with Gasteiger partial charge in [0.05, 0.1) is 0 Å². The summed E-state index contributed by atoms with van der Waals surface area (Å²) in [5, 5.41) is 4.88. The lowest BCUT2D eigenvalue weighted by molar-refractivity contribution is 0.232. The van der Waals surface area contributed by atoms with Crippen LogP contribution in [0.4, 0.5) is 8.78 Å². The normalized spacial score (nSPS) is 13.1. The van der Waals surface area contributed by atoms with E-state index in [9.17, 15) is 25.6 Å². The molecule has 0 saturated carbocycles. The number of nitrogens with one attached hydrogen (secondary N) is 1. The maximum atomic E-state index is 12.0. The van der Waals surface area contributed by atoms with Crippen LogP contribution in [0.1, 0.15) is 4.88 Å². The van der Waals surface area contributed by atoms with Crippen LogP contribution in [0, 0.1) is 0 Å². The van der Waals surface area contributed by atoms with Crippen LogP contribution in [0.5, 0.6) is 0 Å². The fourth-order valence-electron chi connectivity index (χ4n) is 1.02. The summed E-state index contributed by atoms with van der Waals surface area (Å²) in [4.78, 5) is 0.524. The Morgan fingerprint density at radius 1 is 1.28 bits per heavy atom. The molecule has 0 aromatic carbocycles. The first-order valence-corrected chi connectivity index (χ1v) is 8.42. The van der Waals surface area contributed by atoms with Gasteiger partial charge in [0.1, 0.15) is 4.21 Å². The van der Waals surface area contributed by atoms with Crippen molar-refractivity contribution in [2.75, 3.05) is 6.54 Å². The van der Waals surface area contributed by atoms with Gasteiger partial charge >= 0.3 is 5.76 Å². The zero-order valence-electron chi connectivity index (χ0n) is 8.84. The molecule has 0 unspecified atom stereocenters. The van der Waals surface area contributed by atoms with Gasteiger partial charge in [-0.1, -0.05) is 0 Å². The van der Waals surface area contributed by atoms with Gasteiger partial charge in [0.25, 0.3) is 10.0 Å². The van der Waals surface area contributed by atoms with E-state index in [0.29, 0.717) is 4.88 Å². The minimum atomic E-state index is -4.61. The minimum Gasteiger partial charge on any atom is -0.224 e. The van der Waals surface area contributed by atoms with E-state index in [4.69, 9.17) is 5.14 Å². The van der Waals surface area contributed by atoms with E-state index in [1.165, 1.54) is 12.1 Å². The van der Waals surface area contributed by atoms with Crippen molar-refractivity contribution in [3.8, 4) is 0 Å². The van der Waals surface area contributed by atoms with Gasteiger partial charge in [0.2, 0.25) is 10.0 Å². The number of alkyl halides is 2. The third kappa shape index (κ3) is 4.24. The summed E-state index contributed by atoms with van der Waals surface area (Å²) in [6, 6.07) is 2.72. The summed E-state index contributed by atoms with van der Waals surface area (Å²) in [6.45, 7) is -0.239. The Kier molecular flexibility index (Phi) is 4.78. The first-order chi connectivity index (χ1) is 8.13. The Hall–Kier alpha value is -0.620. The molecule has 1 aromatic rings. The van der Waals surface area contributed by atoms with E-state index in [1.807, 2.05) is 0 Å². The van der Waals surface area contributed by atoms with E-state index in [0.717, 1.165) is 11.3 Å². The summed E-state index contributed by atoms with van der Waals surface area (Å²) >= 11 is 0.864. The zero-order valence-corrected chi connectivity index (χ0v) is 11.3. The van der Waals surface area contributed by atoms with Gasteiger partial charge in [0, 0.05) is 11.4 Å². The monoisotopic (exact) mass is 320 g/mol. The molecule has 0 aliphatic carbocycles. The molecular formula is C7H10F2N2O4S3. The maximum Gasteiger partial charge on any atom is 0.350 e. The minimum absolute atomic E-state index is 0.0609. The largest absolute Gasteiger partial charge is 0.350 e. The molecule has 6 nitrogen and oxygen atoms in total. The van der Waals surface area contributed by atoms with Crippen molar-refractivity contribution in [1.29, 1.82) is 0 Å². The Bertz CT molecular complexity index is 608. The third-order valence-electron chi connectivity index (χ3n) is 1.83. The van der Waals surface area contributed by atoms with Gasteiger partial charge in [-0.15, -0.1) is 11.3 Å². The number of hydrogen-bond acceptors (Lipinski definition) is 5. The molecule has 18 heavy (non-hydrogen) atoms. The summed E-state index contributed by atoms with van der Waals surface area (Å²) < 4.78 is 68.9. The van der Waals surface area contributed by atoms with Crippen LogP contribution in [0.2, 0.25) is 0 Å². The average molecular weight is 320 g/mol. The molecule has 1 aromatic heterocycles. The highest BCUT2D eigenvalue weighted by Crippen LogP contribution is 2.20. The number of thiophene rings is 1. The molecule has 0 saturated heterocycles. The van der Waals surface area contributed by atoms with Crippen molar-refractivity contribution >= 4 is 31.4 Å². The number of hydrogen-bond donors (Lipinski definition) is 2. The number of nitrogens with two attached hydrogens (primary N) is 1. The molecular weight excluding hydrogens is 310 g/mol. The standard InChI is InChI=1S/C7H10F2N2O4S3/c8-7(9)18(14,15)11-4-3-5-1-2-6(16-5)17(10,12)13/h1-2,7,11H,3-4H2,(H2,10,12,13).